The number of hydrogen-bond donors (Lipinski definition) is 0. The van der Waals surface area contributed by atoms with Gasteiger partial charge < -0.3 is 37.8 Å². The van der Waals surface area contributed by atoms with Crippen LogP contribution in [0.3, 0.4) is 0 Å². The summed E-state index contributed by atoms with van der Waals surface area (Å²) in [6, 6.07) is 0. The largest absolute Gasteiger partial charge is 4.00 e. The molecule has 0 aromatic rings. The van der Waals surface area contributed by atoms with Crippen LogP contribution in [0, 0.1) is 0 Å². The zero-order chi connectivity index (χ0) is 11.7. The van der Waals surface area contributed by atoms with Crippen LogP contribution in [-0.2, 0) is 47.3 Å². The molecule has 0 aliphatic heterocycles. The third kappa shape index (κ3) is 31.3. The van der Waals surface area contributed by atoms with Crippen LogP contribution < -0.4 is 19.6 Å². The Balaban J connectivity index is -0.000000180. The molecular weight excluding hydrogens is 470 g/mol. The molecule has 15 heteroatoms. The fourth-order valence-electron chi connectivity index (χ4n) is 0.136. The Hall–Kier alpha value is 1.34. The van der Waals surface area contributed by atoms with E-state index < -0.39 is 33.0 Å². The standard InChI is InChI=1S/2H4O5P2.Re/c2*1-6(2)5-7(3)4;/h2*6-7H,(H,1,2)(H,3,4);/q;;+4/p-4. The molecule has 91 valence electrons. The third-order valence-electron chi connectivity index (χ3n) is 0.333. The van der Waals surface area contributed by atoms with Crippen LogP contribution >= 0.6 is 33.0 Å². The van der Waals surface area contributed by atoms with Crippen molar-refractivity contribution >= 4 is 33.0 Å². The Morgan fingerprint density at radius 2 is 0.733 bits per heavy atom. The van der Waals surface area contributed by atoms with Gasteiger partial charge in [0.25, 0.3) is 0 Å². The molecule has 0 spiro atoms. The van der Waals surface area contributed by atoms with Crippen molar-refractivity contribution in [1.82, 2.24) is 0 Å². The SMILES string of the molecule is O=[PH]([O-])O[PH](=O)[O-].O=[PH]([O-])O[PH](=O)[O-].[Re+4]. The van der Waals surface area contributed by atoms with Crippen LogP contribution in [0.1, 0.15) is 0 Å². The first-order valence-electron chi connectivity index (χ1n) is 2.45. The van der Waals surface area contributed by atoms with E-state index in [1.165, 1.54) is 0 Å². The van der Waals surface area contributed by atoms with E-state index in [2.05, 4.69) is 8.62 Å². The Morgan fingerprint density at radius 3 is 0.733 bits per heavy atom. The van der Waals surface area contributed by atoms with Crippen molar-refractivity contribution in [3.63, 3.8) is 0 Å². The summed E-state index contributed by atoms with van der Waals surface area (Å²) in [6.45, 7) is 0. The van der Waals surface area contributed by atoms with E-state index in [4.69, 9.17) is 0 Å². The van der Waals surface area contributed by atoms with E-state index >= 15 is 0 Å². The topological polar surface area (TPSA) is 179 Å². The average molecular weight is 474 g/mol. The molecule has 0 bridgehead atoms. The molecule has 10 nitrogen and oxygen atoms in total. The second kappa shape index (κ2) is 13.4. The zero-order valence-corrected chi connectivity index (χ0v) is 13.2. The van der Waals surface area contributed by atoms with Gasteiger partial charge in [-0.3, -0.25) is 8.62 Å². The van der Waals surface area contributed by atoms with Crippen molar-refractivity contribution < 1.29 is 66.9 Å². The number of rotatable bonds is 4. The molecule has 0 aliphatic carbocycles. The van der Waals surface area contributed by atoms with Gasteiger partial charge in [-0.2, -0.15) is 0 Å². The Morgan fingerprint density at radius 1 is 0.600 bits per heavy atom. The van der Waals surface area contributed by atoms with Gasteiger partial charge in [0.15, 0.2) is 0 Å². The minimum absolute atomic E-state index is 0. The van der Waals surface area contributed by atoms with Gasteiger partial charge in [0.1, 0.15) is 33.0 Å². The van der Waals surface area contributed by atoms with Crippen LogP contribution in [0.2, 0.25) is 0 Å². The zero-order valence-electron chi connectivity index (χ0n) is 6.46. The molecule has 0 aromatic heterocycles. The molecule has 4 atom stereocenters. The Labute approximate surface area is 100 Å². The van der Waals surface area contributed by atoms with Crippen LogP contribution in [0.4, 0.5) is 0 Å². The maximum atomic E-state index is 9.29. The minimum atomic E-state index is -3.51. The normalized spacial score (nSPS) is 17.3. The summed E-state index contributed by atoms with van der Waals surface area (Å²) in [5, 5.41) is 0. The van der Waals surface area contributed by atoms with Crippen molar-refractivity contribution in [2.24, 2.45) is 0 Å². The maximum absolute atomic E-state index is 9.29. The van der Waals surface area contributed by atoms with E-state index in [9.17, 15) is 37.8 Å². The van der Waals surface area contributed by atoms with Crippen LogP contribution in [0.5, 0.6) is 0 Å². The van der Waals surface area contributed by atoms with Crippen LogP contribution in [0.25, 0.3) is 0 Å². The summed E-state index contributed by atoms with van der Waals surface area (Å²) in [4.78, 5) is 37.1. The molecular formula is H4O10P4Re. The average Bonchev–Trinajstić information content (AvgIpc) is 1.79. The third-order valence-corrected chi connectivity index (χ3v) is 3.00. The first-order valence-corrected chi connectivity index (χ1v) is 7.35. The van der Waals surface area contributed by atoms with Gasteiger partial charge in [0.2, 0.25) is 0 Å². The van der Waals surface area contributed by atoms with E-state index in [1.807, 2.05) is 0 Å². The van der Waals surface area contributed by atoms with E-state index in [0.717, 1.165) is 0 Å². The molecule has 1 radical (unpaired) electrons. The van der Waals surface area contributed by atoms with E-state index in [-0.39, 0.29) is 20.4 Å². The van der Waals surface area contributed by atoms with Crippen molar-refractivity contribution in [2.75, 3.05) is 0 Å². The quantitative estimate of drug-likeness (QED) is 0.382. The van der Waals surface area contributed by atoms with Gasteiger partial charge in [-0.1, -0.05) is 0 Å². The first-order chi connectivity index (χ1) is 6.25. The molecule has 0 aliphatic rings. The van der Waals surface area contributed by atoms with Crippen LogP contribution in [-0.4, -0.2) is 0 Å². The van der Waals surface area contributed by atoms with Crippen molar-refractivity contribution in [3.05, 3.63) is 0 Å². The maximum Gasteiger partial charge on any atom is 4.00 e. The van der Waals surface area contributed by atoms with Crippen LogP contribution in [0.15, 0.2) is 0 Å². The summed E-state index contributed by atoms with van der Waals surface area (Å²) in [5.74, 6) is 0. The Kier molecular flexibility index (Phi) is 19.3. The second-order valence-corrected chi connectivity index (χ2v) is 4.84. The fraction of sp³-hybridized carbons (Fsp3) is 0. The molecule has 4 unspecified atom stereocenters. The summed E-state index contributed by atoms with van der Waals surface area (Å²) in [6.07, 6.45) is 0. The molecule has 0 saturated heterocycles. The summed E-state index contributed by atoms with van der Waals surface area (Å²) < 4.78 is 43.6. The summed E-state index contributed by atoms with van der Waals surface area (Å²) in [7, 11) is -14.1. The van der Waals surface area contributed by atoms with Gasteiger partial charge in [-0.15, -0.1) is 0 Å². The molecule has 0 aromatic carbocycles. The first kappa shape index (κ1) is 21.6. The molecule has 0 saturated carbocycles. The monoisotopic (exact) mass is 475 g/mol. The van der Waals surface area contributed by atoms with Crippen molar-refractivity contribution in [1.29, 1.82) is 0 Å². The van der Waals surface area contributed by atoms with Gasteiger partial charge in [-0.05, 0) is 0 Å². The van der Waals surface area contributed by atoms with Gasteiger partial charge in [0, 0.05) is 0 Å². The van der Waals surface area contributed by atoms with Crippen molar-refractivity contribution in [3.8, 4) is 0 Å². The van der Waals surface area contributed by atoms with E-state index in [0.29, 0.717) is 0 Å². The molecule has 15 heavy (non-hydrogen) atoms. The number of hydrogen-bond acceptors (Lipinski definition) is 10. The fourth-order valence-corrected chi connectivity index (χ4v) is 1.22. The second-order valence-electron chi connectivity index (χ2n) is 1.20. The molecule has 0 fully saturated rings. The van der Waals surface area contributed by atoms with Crippen molar-refractivity contribution in [2.45, 2.75) is 0 Å². The van der Waals surface area contributed by atoms with Gasteiger partial charge in [0.05, 0.1) is 0 Å². The Bertz CT molecular complexity index is 196. The smallest absolute Gasteiger partial charge is 0.781 e. The summed E-state index contributed by atoms with van der Waals surface area (Å²) in [5.41, 5.74) is 0. The van der Waals surface area contributed by atoms with Gasteiger partial charge in [-0.25, -0.2) is 0 Å². The minimum Gasteiger partial charge on any atom is -0.781 e. The molecule has 0 rings (SSSR count). The van der Waals surface area contributed by atoms with E-state index in [1.54, 1.807) is 0 Å². The van der Waals surface area contributed by atoms with Gasteiger partial charge >= 0.3 is 20.4 Å². The predicted molar refractivity (Wildman–Crippen MR) is 38.2 cm³/mol. The molecule has 0 amide bonds. The predicted octanol–water partition coefficient (Wildman–Crippen LogP) is -3.00. The molecule has 0 heterocycles. The summed E-state index contributed by atoms with van der Waals surface area (Å²) >= 11 is 0. The molecule has 0 N–H and O–H groups in total.